The number of rotatable bonds is 6. The first-order valence-corrected chi connectivity index (χ1v) is 10.3. The molecule has 1 atom stereocenters. The van der Waals surface area contributed by atoms with Gasteiger partial charge in [-0.15, -0.1) is 0 Å². The molecule has 9 heteroatoms. The Kier molecular flexibility index (Phi) is 6.69. The molecule has 0 amide bonds. The minimum Gasteiger partial charge on any atom is -0.480 e. The molecule has 1 saturated heterocycles. The highest BCUT2D eigenvalue weighted by Gasteiger charge is 2.19. The number of hydrogen-bond donors (Lipinski definition) is 0. The van der Waals surface area contributed by atoms with Crippen LogP contribution in [0.3, 0.4) is 0 Å². The summed E-state index contributed by atoms with van der Waals surface area (Å²) in [5.74, 6) is 1.86. The Hall–Kier alpha value is -1.41. The fraction of sp³-hybridized carbons (Fsp3) is 0.412. The van der Waals surface area contributed by atoms with E-state index in [-0.39, 0.29) is 0 Å². The van der Waals surface area contributed by atoms with Crippen molar-refractivity contribution in [1.82, 2.24) is 14.9 Å². The van der Waals surface area contributed by atoms with Crippen LogP contribution in [0.2, 0.25) is 10.0 Å². The molecule has 1 aliphatic heterocycles. The molecular formula is C17H20Cl2N4O2S. The largest absolute Gasteiger partial charge is 0.480 e. The molecule has 26 heavy (non-hydrogen) atoms. The Balaban J connectivity index is 1.51. The lowest BCUT2D eigenvalue weighted by Crippen LogP contribution is -2.47. The molecule has 3 rings (SSSR count). The Morgan fingerprint density at radius 3 is 2.69 bits per heavy atom. The zero-order valence-electron chi connectivity index (χ0n) is 14.4. The van der Waals surface area contributed by atoms with Gasteiger partial charge in [-0.3, -0.25) is 14.1 Å². The van der Waals surface area contributed by atoms with Gasteiger partial charge in [-0.2, -0.15) is 4.98 Å². The van der Waals surface area contributed by atoms with Gasteiger partial charge in [0.15, 0.2) is 5.82 Å². The molecule has 2 aromatic rings. The summed E-state index contributed by atoms with van der Waals surface area (Å²) in [6, 6.07) is 5.07. The van der Waals surface area contributed by atoms with Crippen LogP contribution in [0.1, 0.15) is 0 Å². The van der Waals surface area contributed by atoms with E-state index in [1.165, 1.54) is 0 Å². The lowest BCUT2D eigenvalue weighted by atomic mass is 10.3. The van der Waals surface area contributed by atoms with Crippen molar-refractivity contribution in [3.63, 3.8) is 0 Å². The first kappa shape index (κ1) is 19.4. The molecule has 1 aliphatic rings. The molecule has 0 bridgehead atoms. The first-order chi connectivity index (χ1) is 12.6. The van der Waals surface area contributed by atoms with E-state index in [9.17, 15) is 4.21 Å². The Bertz CT molecular complexity index is 785. The van der Waals surface area contributed by atoms with Crippen molar-refractivity contribution in [2.45, 2.75) is 4.90 Å². The van der Waals surface area contributed by atoms with Gasteiger partial charge in [0.2, 0.25) is 5.88 Å². The van der Waals surface area contributed by atoms with Crippen molar-refractivity contribution >= 4 is 39.8 Å². The number of piperazine rings is 1. The highest BCUT2D eigenvalue weighted by molar-refractivity contribution is 7.85. The lowest BCUT2D eigenvalue weighted by molar-refractivity contribution is 0.271. The smallest absolute Gasteiger partial charge is 0.233 e. The number of halogens is 2. The molecule has 2 heterocycles. The van der Waals surface area contributed by atoms with E-state index in [1.807, 2.05) is 0 Å². The molecule has 1 aromatic heterocycles. The number of benzene rings is 1. The minimum absolute atomic E-state index is 0.495. The molecule has 6 nitrogen and oxygen atoms in total. The summed E-state index contributed by atoms with van der Waals surface area (Å²) in [4.78, 5) is 13.6. The van der Waals surface area contributed by atoms with Crippen LogP contribution in [0.25, 0.3) is 0 Å². The first-order valence-electron chi connectivity index (χ1n) is 8.23. The minimum atomic E-state index is -1.17. The molecule has 1 aromatic carbocycles. The molecule has 0 N–H and O–H groups in total. The fourth-order valence-electron chi connectivity index (χ4n) is 2.76. The third kappa shape index (κ3) is 4.85. The second-order valence-electron chi connectivity index (χ2n) is 5.87. The summed E-state index contributed by atoms with van der Waals surface area (Å²) in [7, 11) is 0.415. The summed E-state index contributed by atoms with van der Waals surface area (Å²) in [6.07, 6.45) is 3.34. The lowest BCUT2D eigenvalue weighted by Gasteiger charge is -2.35. The summed E-state index contributed by atoms with van der Waals surface area (Å²) in [6.45, 7) is 4.17. The topological polar surface area (TPSA) is 58.6 Å². The van der Waals surface area contributed by atoms with Crippen LogP contribution in [-0.2, 0) is 10.8 Å². The third-order valence-electron chi connectivity index (χ3n) is 4.24. The number of methoxy groups -OCH3 is 1. The van der Waals surface area contributed by atoms with Gasteiger partial charge in [-0.05, 0) is 18.2 Å². The molecule has 1 unspecified atom stereocenters. The summed E-state index contributed by atoms with van der Waals surface area (Å²) >= 11 is 12.1. The molecule has 0 radical (unpaired) electrons. The molecule has 0 aliphatic carbocycles. The maximum atomic E-state index is 12.5. The second-order valence-corrected chi connectivity index (χ2v) is 8.26. The van der Waals surface area contributed by atoms with Gasteiger partial charge >= 0.3 is 0 Å². The van der Waals surface area contributed by atoms with Crippen LogP contribution in [0.4, 0.5) is 5.82 Å². The number of hydrogen-bond acceptors (Lipinski definition) is 6. The molecule has 1 fully saturated rings. The van der Waals surface area contributed by atoms with Gasteiger partial charge < -0.3 is 9.64 Å². The Morgan fingerprint density at radius 2 is 1.96 bits per heavy atom. The van der Waals surface area contributed by atoms with Gasteiger partial charge in [0.1, 0.15) is 0 Å². The SMILES string of the molecule is COc1cncc(N2CCN(CCS(=O)c3cc(Cl)ccc3Cl)CC2)n1. The van der Waals surface area contributed by atoms with Crippen LogP contribution in [0, 0.1) is 0 Å². The normalized spacial score (nSPS) is 16.5. The molecule has 140 valence electrons. The van der Waals surface area contributed by atoms with Crippen LogP contribution >= 0.6 is 23.2 Å². The average Bonchev–Trinajstić information content (AvgIpc) is 2.68. The van der Waals surface area contributed by atoms with E-state index in [2.05, 4.69) is 19.8 Å². The average molecular weight is 415 g/mol. The maximum Gasteiger partial charge on any atom is 0.233 e. The molecular weight excluding hydrogens is 395 g/mol. The number of aromatic nitrogens is 2. The predicted molar refractivity (Wildman–Crippen MR) is 105 cm³/mol. The van der Waals surface area contributed by atoms with E-state index in [0.29, 0.717) is 26.6 Å². The van der Waals surface area contributed by atoms with Crippen LogP contribution in [0.5, 0.6) is 5.88 Å². The molecule has 0 saturated carbocycles. The van der Waals surface area contributed by atoms with Gasteiger partial charge in [0.25, 0.3) is 0 Å². The molecule has 0 spiro atoms. The van der Waals surface area contributed by atoms with Gasteiger partial charge in [-0.1, -0.05) is 23.2 Å². The quantitative estimate of drug-likeness (QED) is 0.723. The van der Waals surface area contributed by atoms with Gasteiger partial charge in [-0.25, -0.2) is 0 Å². The van der Waals surface area contributed by atoms with Gasteiger partial charge in [0.05, 0.1) is 40.2 Å². The van der Waals surface area contributed by atoms with Crippen molar-refractivity contribution in [1.29, 1.82) is 0 Å². The highest BCUT2D eigenvalue weighted by Crippen LogP contribution is 2.24. The Labute approximate surface area is 165 Å². The zero-order valence-corrected chi connectivity index (χ0v) is 16.7. The van der Waals surface area contributed by atoms with Crippen molar-refractivity contribution in [3.05, 3.63) is 40.6 Å². The maximum absolute atomic E-state index is 12.5. The van der Waals surface area contributed by atoms with Crippen LogP contribution in [-0.4, -0.2) is 64.7 Å². The predicted octanol–water partition coefficient (Wildman–Crippen LogP) is 2.72. The van der Waals surface area contributed by atoms with Crippen molar-refractivity contribution < 1.29 is 8.95 Å². The van der Waals surface area contributed by atoms with Gasteiger partial charge in [0, 0.05) is 43.5 Å². The number of nitrogens with zero attached hydrogens (tertiary/aromatic N) is 4. The number of ether oxygens (including phenoxy) is 1. The van der Waals surface area contributed by atoms with E-state index < -0.39 is 10.8 Å². The summed E-state index contributed by atoms with van der Waals surface area (Å²) < 4.78 is 17.6. The number of anilines is 1. The van der Waals surface area contributed by atoms with Crippen LogP contribution in [0.15, 0.2) is 35.5 Å². The Morgan fingerprint density at radius 1 is 1.19 bits per heavy atom. The summed E-state index contributed by atoms with van der Waals surface area (Å²) in [5, 5.41) is 1.04. The van der Waals surface area contributed by atoms with E-state index in [0.717, 1.165) is 38.5 Å². The van der Waals surface area contributed by atoms with Crippen molar-refractivity contribution in [2.24, 2.45) is 0 Å². The van der Waals surface area contributed by atoms with E-state index >= 15 is 0 Å². The standard InChI is InChI=1S/C17H20Cl2N4O2S/c1-25-17-12-20-11-16(21-17)23-6-4-22(5-7-23)8-9-26(24)15-10-13(18)2-3-14(15)19/h2-3,10-12H,4-9H2,1H3. The van der Waals surface area contributed by atoms with Crippen molar-refractivity contribution in [3.8, 4) is 5.88 Å². The monoisotopic (exact) mass is 414 g/mol. The van der Waals surface area contributed by atoms with Crippen LogP contribution < -0.4 is 9.64 Å². The third-order valence-corrected chi connectivity index (χ3v) is 6.30. The van der Waals surface area contributed by atoms with E-state index in [4.69, 9.17) is 27.9 Å². The van der Waals surface area contributed by atoms with Crippen molar-refractivity contribution in [2.75, 3.05) is 50.5 Å². The summed E-state index contributed by atoms with van der Waals surface area (Å²) in [5.41, 5.74) is 0. The zero-order chi connectivity index (χ0) is 18.5. The highest BCUT2D eigenvalue weighted by atomic mass is 35.5. The second kappa shape index (κ2) is 8.99. The fourth-order valence-corrected chi connectivity index (χ4v) is 4.56. The van der Waals surface area contributed by atoms with E-state index in [1.54, 1.807) is 37.7 Å².